The van der Waals surface area contributed by atoms with Crippen molar-refractivity contribution in [1.29, 1.82) is 0 Å². The molecular weight excluding hydrogens is 680 g/mol. The third kappa shape index (κ3) is 5.82. The fourth-order valence-electron chi connectivity index (χ4n) is 5.48. The van der Waals surface area contributed by atoms with Gasteiger partial charge in [-0.1, -0.05) is 59.0 Å². The number of anilines is 2. The Bertz CT molecular complexity index is 1940. The molecule has 3 atom stereocenters. The fourth-order valence-corrected chi connectivity index (χ4v) is 8.38. The zero-order valence-corrected chi connectivity index (χ0v) is 25.2. The number of nitrogens with one attached hydrogen (secondary N) is 1. The highest BCUT2D eigenvalue weighted by Gasteiger charge is 2.57. The number of rotatable bonds is 5. The molecule has 2 aliphatic rings. The maximum atomic E-state index is 13.9. The summed E-state index contributed by atoms with van der Waals surface area (Å²) in [5, 5.41) is 1.71. The molecule has 3 aromatic carbocycles. The molecule has 46 heavy (non-hydrogen) atoms. The molecule has 238 valence electrons. The summed E-state index contributed by atoms with van der Waals surface area (Å²) in [5.74, 6) is -4.42. The predicted molar refractivity (Wildman–Crippen MR) is 159 cm³/mol. The van der Waals surface area contributed by atoms with E-state index in [2.05, 4.69) is 5.32 Å². The average molecular weight is 698 g/mol. The third-order valence-electron chi connectivity index (χ3n) is 7.49. The predicted octanol–water partition coefficient (Wildman–Crippen LogP) is 7.04. The summed E-state index contributed by atoms with van der Waals surface area (Å²) in [5.41, 5.74) is -1.97. The van der Waals surface area contributed by atoms with Gasteiger partial charge in [-0.05, 0) is 54.1 Å². The molecule has 1 saturated heterocycles. The van der Waals surface area contributed by atoms with Crippen molar-refractivity contribution >= 4 is 63.8 Å². The van der Waals surface area contributed by atoms with Gasteiger partial charge in [-0.2, -0.15) is 26.3 Å². The lowest BCUT2D eigenvalue weighted by atomic mass is 9.83. The number of thioether (sulfide) groups is 1. The van der Waals surface area contributed by atoms with Crippen LogP contribution >= 0.6 is 34.7 Å². The van der Waals surface area contributed by atoms with E-state index in [1.807, 2.05) is 0 Å². The van der Waals surface area contributed by atoms with Crippen LogP contribution in [0.1, 0.15) is 27.5 Å². The summed E-state index contributed by atoms with van der Waals surface area (Å²) in [6.45, 7) is -0.627. The van der Waals surface area contributed by atoms with Crippen molar-refractivity contribution in [2.45, 2.75) is 35.1 Å². The summed E-state index contributed by atoms with van der Waals surface area (Å²) in [7, 11) is 0. The number of imide groups is 1. The Labute approximate surface area is 268 Å². The molecule has 0 radical (unpaired) electrons. The van der Waals surface area contributed by atoms with Crippen molar-refractivity contribution in [1.82, 2.24) is 4.57 Å². The van der Waals surface area contributed by atoms with E-state index in [4.69, 9.17) is 11.6 Å². The SMILES string of the molecule is O=C(Cn1c2c(sc1=O)[C@H](c1ccc(Cl)cc1)C1C(=O)N(c3cccc(C(F)(F)F)c3)C(=O)C1S2)Nc1cccc(C(F)(F)F)c1. The van der Waals surface area contributed by atoms with Crippen molar-refractivity contribution in [2.75, 3.05) is 10.2 Å². The smallest absolute Gasteiger partial charge is 0.325 e. The van der Waals surface area contributed by atoms with E-state index >= 15 is 0 Å². The van der Waals surface area contributed by atoms with Crippen LogP contribution < -0.4 is 15.1 Å². The second kappa shape index (κ2) is 11.6. The maximum absolute atomic E-state index is 13.9. The lowest BCUT2D eigenvalue weighted by Crippen LogP contribution is -2.33. The van der Waals surface area contributed by atoms with Crippen LogP contribution in [0, 0.1) is 5.92 Å². The average Bonchev–Trinajstić information content (AvgIpc) is 3.43. The Hall–Kier alpha value is -4.08. The summed E-state index contributed by atoms with van der Waals surface area (Å²) in [4.78, 5) is 54.3. The van der Waals surface area contributed by atoms with Gasteiger partial charge in [0.2, 0.25) is 17.7 Å². The highest BCUT2D eigenvalue weighted by atomic mass is 35.5. The third-order valence-corrected chi connectivity index (χ3v) is 10.3. The molecule has 2 aliphatic heterocycles. The van der Waals surface area contributed by atoms with E-state index in [0.717, 1.165) is 58.0 Å². The zero-order chi connectivity index (χ0) is 33.1. The van der Waals surface area contributed by atoms with Crippen LogP contribution in [0.4, 0.5) is 37.7 Å². The van der Waals surface area contributed by atoms with Crippen LogP contribution in [0.3, 0.4) is 0 Å². The number of benzene rings is 3. The van der Waals surface area contributed by atoms with E-state index in [1.54, 1.807) is 24.3 Å². The highest BCUT2D eigenvalue weighted by Crippen LogP contribution is 2.54. The summed E-state index contributed by atoms with van der Waals surface area (Å²) >= 11 is 7.64. The number of amides is 3. The minimum Gasteiger partial charge on any atom is -0.325 e. The second-order valence-electron chi connectivity index (χ2n) is 10.4. The Kier molecular flexibility index (Phi) is 8.05. The molecule has 0 saturated carbocycles. The second-order valence-corrected chi connectivity index (χ2v) is 13.0. The topological polar surface area (TPSA) is 88.5 Å². The van der Waals surface area contributed by atoms with E-state index in [0.29, 0.717) is 26.4 Å². The number of alkyl halides is 6. The molecule has 0 bridgehead atoms. The first-order valence-electron chi connectivity index (χ1n) is 13.3. The first-order chi connectivity index (χ1) is 21.6. The molecule has 3 heterocycles. The molecule has 16 heteroatoms. The van der Waals surface area contributed by atoms with E-state index in [-0.39, 0.29) is 16.4 Å². The van der Waals surface area contributed by atoms with Gasteiger partial charge in [0.25, 0.3) is 0 Å². The lowest BCUT2D eigenvalue weighted by Gasteiger charge is -2.30. The van der Waals surface area contributed by atoms with Gasteiger partial charge in [-0.25, -0.2) is 4.90 Å². The number of hydrogen-bond acceptors (Lipinski definition) is 6. The van der Waals surface area contributed by atoms with Crippen LogP contribution in [0.5, 0.6) is 0 Å². The van der Waals surface area contributed by atoms with Crippen LogP contribution in [-0.4, -0.2) is 27.5 Å². The van der Waals surface area contributed by atoms with Crippen molar-refractivity contribution < 1.29 is 40.7 Å². The summed E-state index contributed by atoms with van der Waals surface area (Å²) in [6, 6.07) is 14.0. The first-order valence-corrected chi connectivity index (χ1v) is 15.4. The quantitative estimate of drug-likeness (QED) is 0.179. The minimum atomic E-state index is -4.73. The van der Waals surface area contributed by atoms with Gasteiger partial charge in [0.1, 0.15) is 11.8 Å². The first kappa shape index (κ1) is 31.9. The van der Waals surface area contributed by atoms with Crippen molar-refractivity contribution in [3.05, 3.63) is 109 Å². The Balaban J connectivity index is 1.38. The summed E-state index contributed by atoms with van der Waals surface area (Å²) in [6.07, 6.45) is -9.38. The van der Waals surface area contributed by atoms with Gasteiger partial charge in [-0.15, -0.1) is 0 Å². The number of halogens is 7. The maximum Gasteiger partial charge on any atom is 0.416 e. The number of carbonyl (C=O) groups is 3. The normalized spacial score (nSPS) is 19.6. The molecule has 1 fully saturated rings. The van der Waals surface area contributed by atoms with Gasteiger partial charge < -0.3 is 5.32 Å². The molecule has 7 nitrogen and oxygen atoms in total. The zero-order valence-electron chi connectivity index (χ0n) is 22.9. The van der Waals surface area contributed by atoms with Gasteiger partial charge >= 0.3 is 17.2 Å². The van der Waals surface area contributed by atoms with Gasteiger partial charge in [0.05, 0.1) is 27.8 Å². The van der Waals surface area contributed by atoms with Crippen LogP contribution in [0.15, 0.2) is 82.6 Å². The Morgan fingerprint density at radius 2 is 1.48 bits per heavy atom. The molecule has 0 aliphatic carbocycles. The summed E-state index contributed by atoms with van der Waals surface area (Å²) < 4.78 is 81.0. The number of aromatic nitrogens is 1. The Morgan fingerprint density at radius 1 is 0.848 bits per heavy atom. The van der Waals surface area contributed by atoms with Crippen LogP contribution in [-0.2, 0) is 33.3 Å². The molecule has 0 spiro atoms. The van der Waals surface area contributed by atoms with Gasteiger partial charge in [0.15, 0.2) is 0 Å². The van der Waals surface area contributed by atoms with Gasteiger partial charge in [-0.3, -0.25) is 23.7 Å². The van der Waals surface area contributed by atoms with E-state index in [1.165, 1.54) is 12.1 Å². The number of carbonyl (C=O) groups excluding carboxylic acids is 3. The molecule has 3 amide bonds. The number of fused-ring (bicyclic) bond motifs is 2. The van der Waals surface area contributed by atoms with E-state index in [9.17, 15) is 45.5 Å². The van der Waals surface area contributed by atoms with Crippen LogP contribution in [0.2, 0.25) is 5.02 Å². The monoisotopic (exact) mass is 697 g/mol. The fraction of sp³-hybridized carbons (Fsp3) is 0.200. The number of nitrogens with zero attached hydrogens (tertiary/aromatic N) is 2. The van der Waals surface area contributed by atoms with Crippen molar-refractivity contribution in [2.24, 2.45) is 5.92 Å². The van der Waals surface area contributed by atoms with Crippen LogP contribution in [0.25, 0.3) is 0 Å². The largest absolute Gasteiger partial charge is 0.416 e. The number of thiazole rings is 1. The van der Waals surface area contributed by atoms with E-state index < -0.39 is 69.7 Å². The Morgan fingerprint density at radius 3 is 2.13 bits per heavy atom. The molecule has 2 unspecified atom stereocenters. The van der Waals surface area contributed by atoms with Crippen molar-refractivity contribution in [3.8, 4) is 0 Å². The molecule has 1 N–H and O–H groups in total. The highest BCUT2D eigenvalue weighted by molar-refractivity contribution is 8.00. The molecule has 4 aromatic rings. The molecular formula is C30H18ClF6N3O4S2. The molecule has 6 rings (SSSR count). The minimum absolute atomic E-state index is 0.156. The number of hydrogen-bond donors (Lipinski definition) is 1. The standard InChI is InChI=1S/C30H18ClF6N3O4S2/c31-17-9-7-14(8-10-17)21-22-23(26(43)40(25(22)42)19-6-2-4-16(12-19)30(35,36)37)45-27-24(21)46-28(44)39(27)13-20(41)38-18-5-1-3-15(11-18)29(32,33)34/h1-12,21-23H,13H2,(H,38,41)/t21-,22?,23?/m1/s1. The van der Waals surface area contributed by atoms with Crippen molar-refractivity contribution in [3.63, 3.8) is 0 Å². The lowest BCUT2D eigenvalue weighted by molar-refractivity contribution is -0.138. The van der Waals surface area contributed by atoms with Gasteiger partial charge in [0, 0.05) is 21.5 Å². The molecule has 1 aromatic heterocycles.